The Morgan fingerprint density at radius 1 is 1.12 bits per heavy atom. The Kier molecular flexibility index (Phi) is 5.36. The molecule has 4 nitrogen and oxygen atoms in total. The van der Waals surface area contributed by atoms with Gasteiger partial charge in [-0.3, -0.25) is 4.79 Å². The number of nitrogens with one attached hydrogen (secondary N) is 1. The Morgan fingerprint density at radius 2 is 1.85 bits per heavy atom. The van der Waals surface area contributed by atoms with Crippen molar-refractivity contribution < 1.29 is 18.0 Å². The Hall–Kier alpha value is -2.28. The highest BCUT2D eigenvalue weighted by atomic mass is 35.5. The first kappa shape index (κ1) is 18.5. The van der Waals surface area contributed by atoms with Gasteiger partial charge in [0.1, 0.15) is 5.69 Å². The van der Waals surface area contributed by atoms with Gasteiger partial charge >= 0.3 is 6.18 Å². The van der Waals surface area contributed by atoms with Crippen molar-refractivity contribution in [3.05, 3.63) is 52.8 Å². The molecule has 1 amide bonds. The zero-order valence-electron chi connectivity index (χ0n) is 13.8. The first-order valence-electron chi connectivity index (χ1n) is 8.24. The van der Waals surface area contributed by atoms with Crippen LogP contribution >= 0.6 is 11.6 Å². The normalized spacial score (nSPS) is 15.0. The fourth-order valence-corrected chi connectivity index (χ4v) is 2.97. The fraction of sp³-hybridized carbons (Fsp3) is 0.333. The lowest BCUT2D eigenvalue weighted by atomic mass is 10.1. The molecule has 0 atom stereocenters. The molecule has 1 aromatic carbocycles. The second-order valence-electron chi connectivity index (χ2n) is 6.10. The number of likely N-dealkylation sites (tertiary alicyclic amines) is 1. The molecule has 0 spiro atoms. The average molecular weight is 384 g/mol. The van der Waals surface area contributed by atoms with E-state index in [0.717, 1.165) is 44.5 Å². The third-order valence-corrected chi connectivity index (χ3v) is 4.53. The smallest absolute Gasteiger partial charge is 0.353 e. The number of carbonyl (C=O) groups is 1. The average Bonchev–Trinajstić information content (AvgIpc) is 2.63. The van der Waals surface area contributed by atoms with Crippen molar-refractivity contribution >= 4 is 28.9 Å². The maximum Gasteiger partial charge on any atom is 0.416 e. The van der Waals surface area contributed by atoms with Crippen LogP contribution in [-0.2, 0) is 6.18 Å². The molecule has 1 aromatic heterocycles. The van der Waals surface area contributed by atoms with Gasteiger partial charge in [0.05, 0.1) is 28.2 Å². The molecule has 8 heteroatoms. The Bertz CT molecular complexity index is 787. The van der Waals surface area contributed by atoms with E-state index >= 15 is 0 Å². The predicted octanol–water partition coefficient (Wildman–Crippen LogP) is 5.12. The molecule has 0 aliphatic carbocycles. The molecule has 3 rings (SSSR count). The Balaban J connectivity index is 1.74. The number of nitrogens with zero attached hydrogens (tertiary/aromatic N) is 2. The Morgan fingerprint density at radius 3 is 2.46 bits per heavy atom. The molecule has 2 heterocycles. The number of hydrogen-bond acceptors (Lipinski definition) is 3. The van der Waals surface area contributed by atoms with E-state index in [0.29, 0.717) is 11.4 Å². The van der Waals surface area contributed by atoms with E-state index in [1.807, 2.05) is 0 Å². The first-order chi connectivity index (χ1) is 12.3. The number of rotatable bonds is 3. The quantitative estimate of drug-likeness (QED) is 0.799. The number of aromatic nitrogens is 1. The largest absolute Gasteiger partial charge is 0.416 e. The zero-order valence-corrected chi connectivity index (χ0v) is 14.6. The van der Waals surface area contributed by atoms with Gasteiger partial charge in [-0.2, -0.15) is 13.2 Å². The molecular formula is C18H17ClF3N3O. The summed E-state index contributed by atoms with van der Waals surface area (Å²) in [4.78, 5) is 18.3. The number of piperidine rings is 1. The van der Waals surface area contributed by atoms with Gasteiger partial charge in [0.15, 0.2) is 0 Å². The lowest BCUT2D eigenvalue weighted by Crippen LogP contribution is -2.36. The maximum absolute atomic E-state index is 12.8. The number of carbonyl (C=O) groups excluding carboxylic acids is 1. The summed E-state index contributed by atoms with van der Waals surface area (Å²) in [6.07, 6.45) is 0.0500. The van der Waals surface area contributed by atoms with Gasteiger partial charge in [-0.15, -0.1) is 0 Å². The van der Waals surface area contributed by atoms with Crippen LogP contribution in [0.5, 0.6) is 0 Å². The van der Waals surface area contributed by atoms with Gasteiger partial charge in [0.2, 0.25) is 0 Å². The highest BCUT2D eigenvalue weighted by Crippen LogP contribution is 2.34. The van der Waals surface area contributed by atoms with E-state index in [9.17, 15) is 18.0 Å². The lowest BCUT2D eigenvalue weighted by Gasteiger charge is -2.26. The number of alkyl halides is 3. The molecule has 0 saturated carbocycles. The summed E-state index contributed by atoms with van der Waals surface area (Å²) in [6, 6.07) is 6.21. The summed E-state index contributed by atoms with van der Waals surface area (Å²) in [6.45, 7) is 1.45. The lowest BCUT2D eigenvalue weighted by molar-refractivity contribution is -0.137. The number of hydrogen-bond donors (Lipinski definition) is 1. The minimum Gasteiger partial charge on any atom is -0.353 e. The van der Waals surface area contributed by atoms with Crippen LogP contribution in [0.25, 0.3) is 0 Å². The van der Waals surface area contributed by atoms with Crippen molar-refractivity contribution in [2.24, 2.45) is 0 Å². The summed E-state index contributed by atoms with van der Waals surface area (Å²) in [5, 5.41) is 2.97. The fourth-order valence-electron chi connectivity index (χ4n) is 2.81. The number of halogens is 4. The summed E-state index contributed by atoms with van der Waals surface area (Å²) in [7, 11) is 0. The molecule has 1 saturated heterocycles. The highest BCUT2D eigenvalue weighted by Gasteiger charge is 2.31. The molecule has 1 aliphatic heterocycles. The van der Waals surface area contributed by atoms with Crippen molar-refractivity contribution in [1.82, 2.24) is 9.88 Å². The van der Waals surface area contributed by atoms with Crippen molar-refractivity contribution in [2.45, 2.75) is 25.4 Å². The minimum absolute atomic E-state index is 0.124. The summed E-state index contributed by atoms with van der Waals surface area (Å²) in [5.41, 5.74) is 0.0849. The van der Waals surface area contributed by atoms with Gasteiger partial charge in [0, 0.05) is 13.1 Å². The van der Waals surface area contributed by atoms with Crippen molar-refractivity contribution in [2.75, 3.05) is 18.4 Å². The summed E-state index contributed by atoms with van der Waals surface area (Å²) >= 11 is 5.97. The topological polar surface area (TPSA) is 45.2 Å². The predicted molar refractivity (Wildman–Crippen MR) is 93.7 cm³/mol. The summed E-state index contributed by atoms with van der Waals surface area (Å²) in [5.74, 6) is -0.131. The second kappa shape index (κ2) is 7.53. The van der Waals surface area contributed by atoms with Gasteiger partial charge in [0.25, 0.3) is 5.91 Å². The molecule has 1 aliphatic rings. The van der Waals surface area contributed by atoms with Crippen LogP contribution in [0.2, 0.25) is 5.02 Å². The maximum atomic E-state index is 12.8. The molecule has 1 N–H and O–H groups in total. The third-order valence-electron chi connectivity index (χ3n) is 4.20. The van der Waals surface area contributed by atoms with Crippen LogP contribution in [-0.4, -0.2) is 28.9 Å². The number of anilines is 2. The SMILES string of the molecule is O=C(c1ccc(Nc2cc(C(F)(F)F)ccc2Cl)cn1)N1CCCCC1. The van der Waals surface area contributed by atoms with E-state index in [4.69, 9.17) is 11.6 Å². The van der Waals surface area contributed by atoms with E-state index in [1.54, 1.807) is 17.0 Å². The van der Waals surface area contributed by atoms with E-state index < -0.39 is 11.7 Å². The van der Waals surface area contributed by atoms with Crippen LogP contribution in [0.4, 0.5) is 24.5 Å². The number of amides is 1. The molecule has 2 aromatic rings. The van der Waals surface area contributed by atoms with Crippen molar-refractivity contribution in [1.29, 1.82) is 0 Å². The van der Waals surface area contributed by atoms with Crippen molar-refractivity contribution in [3.8, 4) is 0 Å². The van der Waals surface area contributed by atoms with Crippen molar-refractivity contribution in [3.63, 3.8) is 0 Å². The molecule has 0 unspecified atom stereocenters. The number of pyridine rings is 1. The molecule has 0 radical (unpaired) electrons. The molecule has 0 bridgehead atoms. The summed E-state index contributed by atoms with van der Waals surface area (Å²) < 4.78 is 38.5. The van der Waals surface area contributed by atoms with Gasteiger partial charge < -0.3 is 10.2 Å². The number of benzene rings is 1. The first-order valence-corrected chi connectivity index (χ1v) is 8.61. The van der Waals surface area contributed by atoms with Crippen LogP contribution in [0.3, 0.4) is 0 Å². The van der Waals surface area contributed by atoms with E-state index in [-0.39, 0.29) is 16.6 Å². The van der Waals surface area contributed by atoms with Gasteiger partial charge in [-0.05, 0) is 49.6 Å². The van der Waals surface area contributed by atoms with Crippen LogP contribution in [0.1, 0.15) is 35.3 Å². The molecule has 138 valence electrons. The second-order valence-corrected chi connectivity index (χ2v) is 6.51. The van der Waals surface area contributed by atoms with E-state index in [1.165, 1.54) is 12.3 Å². The van der Waals surface area contributed by atoms with Crippen LogP contribution in [0, 0.1) is 0 Å². The highest BCUT2D eigenvalue weighted by molar-refractivity contribution is 6.33. The monoisotopic (exact) mass is 383 g/mol. The molecular weight excluding hydrogens is 367 g/mol. The Labute approximate surface area is 154 Å². The minimum atomic E-state index is -4.45. The molecule has 1 fully saturated rings. The van der Waals surface area contributed by atoms with Gasteiger partial charge in [-0.25, -0.2) is 4.98 Å². The van der Waals surface area contributed by atoms with Crippen LogP contribution < -0.4 is 5.32 Å². The standard InChI is InChI=1S/C18H17ClF3N3O/c19-14-6-4-12(18(20,21)22)10-16(14)24-13-5-7-15(23-11-13)17(26)25-8-2-1-3-9-25/h4-7,10-11,24H,1-3,8-9H2. The third kappa shape index (κ3) is 4.27. The zero-order chi connectivity index (χ0) is 18.7. The molecule has 26 heavy (non-hydrogen) atoms. The van der Waals surface area contributed by atoms with E-state index in [2.05, 4.69) is 10.3 Å². The van der Waals surface area contributed by atoms with Gasteiger partial charge in [-0.1, -0.05) is 11.6 Å². The van der Waals surface area contributed by atoms with Crippen LogP contribution in [0.15, 0.2) is 36.5 Å².